The van der Waals surface area contributed by atoms with E-state index in [2.05, 4.69) is 15.2 Å². The lowest BCUT2D eigenvalue weighted by molar-refractivity contribution is 0.398. The lowest BCUT2D eigenvalue weighted by atomic mass is 9.99. The molecule has 6 nitrogen and oxygen atoms in total. The summed E-state index contributed by atoms with van der Waals surface area (Å²) < 4.78 is 16.7. The predicted molar refractivity (Wildman–Crippen MR) is 110 cm³/mol. The van der Waals surface area contributed by atoms with Gasteiger partial charge in [0.05, 0.1) is 23.9 Å². The summed E-state index contributed by atoms with van der Waals surface area (Å²) >= 11 is 0. The van der Waals surface area contributed by atoms with E-state index in [9.17, 15) is 4.21 Å². The summed E-state index contributed by atoms with van der Waals surface area (Å²) in [5.74, 6) is 0.547. The van der Waals surface area contributed by atoms with Crippen LogP contribution in [0.15, 0.2) is 78.0 Å². The number of hydrogen-bond donors (Lipinski definition) is 2. The van der Waals surface area contributed by atoms with E-state index >= 15 is 0 Å². The fourth-order valence-electron chi connectivity index (χ4n) is 3.04. The van der Waals surface area contributed by atoms with Crippen LogP contribution in [-0.4, -0.2) is 26.5 Å². The SMILES string of the molecule is COc1cc(-c2[nH]ncc2-c2ccc(-c3cccc(S(N)=O)c3)cc2)ccn1. The van der Waals surface area contributed by atoms with E-state index in [1.807, 2.05) is 54.6 Å². The Morgan fingerprint density at radius 2 is 1.75 bits per heavy atom. The van der Waals surface area contributed by atoms with Crippen LogP contribution < -0.4 is 9.88 Å². The van der Waals surface area contributed by atoms with Crippen LogP contribution in [0.3, 0.4) is 0 Å². The molecule has 140 valence electrons. The molecule has 4 aromatic rings. The first-order valence-electron chi connectivity index (χ1n) is 8.56. The third kappa shape index (κ3) is 3.58. The molecule has 0 aliphatic heterocycles. The summed E-state index contributed by atoms with van der Waals surface area (Å²) in [6, 6.07) is 19.3. The molecule has 1 atom stereocenters. The minimum Gasteiger partial charge on any atom is -0.481 e. The van der Waals surface area contributed by atoms with Crippen LogP contribution in [0.4, 0.5) is 0 Å². The number of methoxy groups -OCH3 is 1. The van der Waals surface area contributed by atoms with E-state index in [1.54, 1.807) is 25.6 Å². The second-order valence-electron chi connectivity index (χ2n) is 6.15. The highest BCUT2D eigenvalue weighted by atomic mass is 32.2. The second-order valence-corrected chi connectivity index (χ2v) is 7.21. The highest BCUT2D eigenvalue weighted by Crippen LogP contribution is 2.32. The van der Waals surface area contributed by atoms with Gasteiger partial charge in [-0.3, -0.25) is 5.10 Å². The van der Waals surface area contributed by atoms with Crippen molar-refractivity contribution in [2.24, 2.45) is 5.14 Å². The Labute approximate surface area is 165 Å². The number of pyridine rings is 1. The predicted octanol–water partition coefficient (Wildman–Crippen LogP) is 3.80. The van der Waals surface area contributed by atoms with Crippen molar-refractivity contribution < 1.29 is 8.95 Å². The van der Waals surface area contributed by atoms with Crippen LogP contribution >= 0.6 is 0 Å². The standard InChI is InChI=1S/C21H18N4O2S/c1-27-20-12-17(9-10-23-20)21-19(13-24-25-21)15-7-5-14(6-8-15)16-3-2-4-18(11-16)28(22)26/h2-13H,22H2,1H3,(H,24,25). The number of rotatable bonds is 5. The number of nitrogens with zero attached hydrogens (tertiary/aromatic N) is 2. The van der Waals surface area contributed by atoms with Gasteiger partial charge in [0.2, 0.25) is 5.88 Å². The van der Waals surface area contributed by atoms with E-state index in [1.165, 1.54) is 0 Å². The number of benzene rings is 2. The van der Waals surface area contributed by atoms with Gasteiger partial charge in [0.1, 0.15) is 11.0 Å². The van der Waals surface area contributed by atoms with E-state index in [0.29, 0.717) is 10.8 Å². The Hall–Kier alpha value is -3.29. The Morgan fingerprint density at radius 1 is 0.964 bits per heavy atom. The van der Waals surface area contributed by atoms with Gasteiger partial charge in [0, 0.05) is 23.4 Å². The van der Waals surface area contributed by atoms with Crippen molar-refractivity contribution in [2.45, 2.75) is 4.90 Å². The van der Waals surface area contributed by atoms with E-state index < -0.39 is 11.0 Å². The van der Waals surface area contributed by atoms with Crippen LogP contribution in [0.5, 0.6) is 5.88 Å². The number of nitrogens with one attached hydrogen (secondary N) is 1. The summed E-state index contributed by atoms with van der Waals surface area (Å²) in [7, 11) is 0.0946. The van der Waals surface area contributed by atoms with Gasteiger partial charge in [-0.05, 0) is 34.9 Å². The molecule has 3 N–H and O–H groups in total. The fourth-order valence-corrected chi connectivity index (χ4v) is 3.50. The van der Waals surface area contributed by atoms with Gasteiger partial charge < -0.3 is 4.74 Å². The number of ether oxygens (including phenoxy) is 1. The third-order valence-corrected chi connectivity index (χ3v) is 5.19. The number of hydrogen-bond acceptors (Lipinski definition) is 4. The molecule has 1 unspecified atom stereocenters. The maximum atomic E-state index is 11.5. The molecule has 28 heavy (non-hydrogen) atoms. The lowest BCUT2D eigenvalue weighted by Gasteiger charge is -2.07. The van der Waals surface area contributed by atoms with E-state index in [0.717, 1.165) is 33.5 Å². The Balaban J connectivity index is 1.68. The van der Waals surface area contributed by atoms with Crippen LogP contribution in [0.1, 0.15) is 0 Å². The Kier molecular flexibility index (Phi) is 5.01. The normalized spacial score (nSPS) is 11.9. The highest BCUT2D eigenvalue weighted by molar-refractivity contribution is 7.82. The first-order chi connectivity index (χ1) is 13.7. The minimum absolute atomic E-state index is 0.547. The molecule has 0 saturated heterocycles. The van der Waals surface area contributed by atoms with Crippen molar-refractivity contribution in [1.29, 1.82) is 0 Å². The molecule has 0 aliphatic rings. The van der Waals surface area contributed by atoms with Gasteiger partial charge in [-0.15, -0.1) is 0 Å². The zero-order valence-corrected chi connectivity index (χ0v) is 15.9. The van der Waals surface area contributed by atoms with Crippen LogP contribution in [0, 0.1) is 0 Å². The minimum atomic E-state index is -1.50. The maximum Gasteiger partial charge on any atom is 0.213 e. The van der Waals surface area contributed by atoms with Gasteiger partial charge in [-0.25, -0.2) is 14.3 Å². The molecular formula is C21H18N4O2S. The fraction of sp³-hybridized carbons (Fsp3) is 0.0476. The first-order valence-corrected chi connectivity index (χ1v) is 9.78. The van der Waals surface area contributed by atoms with E-state index in [-0.39, 0.29) is 0 Å². The number of aromatic amines is 1. The molecule has 0 fully saturated rings. The van der Waals surface area contributed by atoms with Gasteiger partial charge in [0.25, 0.3) is 0 Å². The largest absolute Gasteiger partial charge is 0.481 e. The average molecular weight is 390 g/mol. The van der Waals surface area contributed by atoms with Crippen molar-refractivity contribution in [3.8, 4) is 39.4 Å². The molecule has 0 amide bonds. The summed E-state index contributed by atoms with van der Waals surface area (Å²) in [5, 5.41) is 12.8. The summed E-state index contributed by atoms with van der Waals surface area (Å²) in [5.41, 5.74) is 5.84. The molecule has 2 aromatic heterocycles. The number of H-pyrrole nitrogens is 1. The van der Waals surface area contributed by atoms with Gasteiger partial charge in [-0.2, -0.15) is 5.10 Å². The van der Waals surface area contributed by atoms with Crippen molar-refractivity contribution in [3.05, 3.63) is 73.1 Å². The number of aromatic nitrogens is 3. The molecule has 0 bridgehead atoms. The Bertz CT molecular complexity index is 1140. The average Bonchev–Trinajstić information content (AvgIpc) is 3.24. The van der Waals surface area contributed by atoms with Crippen molar-refractivity contribution in [1.82, 2.24) is 15.2 Å². The quantitative estimate of drug-likeness (QED) is 0.542. The molecule has 0 saturated carbocycles. The maximum absolute atomic E-state index is 11.5. The summed E-state index contributed by atoms with van der Waals surface area (Å²) in [4.78, 5) is 4.75. The molecule has 7 heteroatoms. The van der Waals surface area contributed by atoms with Crippen molar-refractivity contribution >= 4 is 11.0 Å². The molecule has 4 rings (SSSR count). The Morgan fingerprint density at radius 3 is 2.50 bits per heavy atom. The summed E-state index contributed by atoms with van der Waals surface area (Å²) in [6.45, 7) is 0. The molecule has 0 aliphatic carbocycles. The summed E-state index contributed by atoms with van der Waals surface area (Å²) in [6.07, 6.45) is 3.51. The zero-order chi connectivity index (χ0) is 19.5. The van der Waals surface area contributed by atoms with Gasteiger partial charge in [-0.1, -0.05) is 36.4 Å². The smallest absolute Gasteiger partial charge is 0.213 e. The van der Waals surface area contributed by atoms with E-state index in [4.69, 9.17) is 9.88 Å². The molecule has 2 heterocycles. The van der Waals surface area contributed by atoms with Crippen molar-refractivity contribution in [3.63, 3.8) is 0 Å². The van der Waals surface area contributed by atoms with Crippen molar-refractivity contribution in [2.75, 3.05) is 7.11 Å². The highest BCUT2D eigenvalue weighted by Gasteiger charge is 2.11. The first kappa shape index (κ1) is 18.1. The number of nitrogens with two attached hydrogens (primary N) is 1. The van der Waals surface area contributed by atoms with Gasteiger partial charge in [0.15, 0.2) is 0 Å². The molecular weight excluding hydrogens is 372 g/mol. The monoisotopic (exact) mass is 390 g/mol. The molecule has 2 aromatic carbocycles. The second kappa shape index (κ2) is 7.75. The molecule has 0 radical (unpaired) electrons. The lowest BCUT2D eigenvalue weighted by Crippen LogP contribution is -2.02. The van der Waals surface area contributed by atoms with Crippen LogP contribution in [0.2, 0.25) is 0 Å². The van der Waals surface area contributed by atoms with Gasteiger partial charge >= 0.3 is 0 Å². The molecule has 0 spiro atoms. The topological polar surface area (TPSA) is 93.9 Å². The van der Waals surface area contributed by atoms with Crippen LogP contribution in [-0.2, 0) is 11.0 Å². The third-order valence-electron chi connectivity index (χ3n) is 4.47. The zero-order valence-electron chi connectivity index (χ0n) is 15.1. The van der Waals surface area contributed by atoms with Crippen LogP contribution in [0.25, 0.3) is 33.5 Å².